The van der Waals surface area contributed by atoms with Crippen LogP contribution in [0.1, 0.15) is 34.1 Å². The molecular formula is C12H25NO2. The third kappa shape index (κ3) is 7.37. The molecule has 3 heteroatoms. The average Bonchev–Trinajstić information content (AvgIpc) is 2.00. The summed E-state index contributed by atoms with van der Waals surface area (Å²) in [6, 6.07) is 0. The summed E-state index contributed by atoms with van der Waals surface area (Å²) in [6.07, 6.45) is 1.20. The van der Waals surface area contributed by atoms with Gasteiger partial charge in [0.25, 0.3) is 0 Å². The van der Waals surface area contributed by atoms with Gasteiger partial charge in [0.05, 0.1) is 5.92 Å². The van der Waals surface area contributed by atoms with E-state index >= 15 is 0 Å². The summed E-state index contributed by atoms with van der Waals surface area (Å²) in [6.45, 7) is 10.0. The van der Waals surface area contributed by atoms with Crippen LogP contribution in [-0.4, -0.2) is 36.1 Å². The lowest BCUT2D eigenvalue weighted by molar-refractivity contribution is -0.141. The van der Waals surface area contributed by atoms with Crippen LogP contribution >= 0.6 is 0 Å². The Kier molecular flexibility index (Phi) is 6.57. The Morgan fingerprint density at radius 3 is 2.13 bits per heavy atom. The molecule has 0 aliphatic heterocycles. The van der Waals surface area contributed by atoms with Crippen LogP contribution in [0, 0.1) is 17.8 Å². The lowest BCUT2D eigenvalue weighted by Gasteiger charge is -2.23. The molecular weight excluding hydrogens is 190 g/mol. The number of carboxylic acids is 1. The monoisotopic (exact) mass is 215 g/mol. The number of hydrogen-bond donors (Lipinski definition) is 1. The molecule has 1 N–H and O–H groups in total. The quantitative estimate of drug-likeness (QED) is 0.708. The van der Waals surface area contributed by atoms with Crippen molar-refractivity contribution in [1.82, 2.24) is 4.90 Å². The molecule has 90 valence electrons. The van der Waals surface area contributed by atoms with Gasteiger partial charge in [-0.15, -0.1) is 0 Å². The first kappa shape index (κ1) is 14.4. The van der Waals surface area contributed by atoms with E-state index in [1.165, 1.54) is 6.42 Å². The summed E-state index contributed by atoms with van der Waals surface area (Å²) >= 11 is 0. The van der Waals surface area contributed by atoms with Gasteiger partial charge in [0, 0.05) is 13.1 Å². The fourth-order valence-corrected chi connectivity index (χ4v) is 2.03. The van der Waals surface area contributed by atoms with E-state index in [4.69, 9.17) is 5.11 Å². The van der Waals surface area contributed by atoms with Crippen molar-refractivity contribution < 1.29 is 9.90 Å². The van der Waals surface area contributed by atoms with Gasteiger partial charge in [0.2, 0.25) is 0 Å². The zero-order chi connectivity index (χ0) is 12.0. The first-order valence-corrected chi connectivity index (χ1v) is 5.74. The van der Waals surface area contributed by atoms with E-state index in [0.29, 0.717) is 18.4 Å². The highest BCUT2D eigenvalue weighted by molar-refractivity contribution is 5.69. The Morgan fingerprint density at radius 1 is 1.20 bits per heavy atom. The number of aliphatic carboxylic acids is 1. The highest BCUT2D eigenvalue weighted by Gasteiger charge is 2.15. The summed E-state index contributed by atoms with van der Waals surface area (Å²) in [5.41, 5.74) is 0. The van der Waals surface area contributed by atoms with Crippen molar-refractivity contribution >= 4 is 5.97 Å². The van der Waals surface area contributed by atoms with Crippen molar-refractivity contribution in [3.8, 4) is 0 Å². The summed E-state index contributed by atoms with van der Waals surface area (Å²) in [5, 5.41) is 8.78. The van der Waals surface area contributed by atoms with Crippen LogP contribution in [0.2, 0.25) is 0 Å². The fraction of sp³-hybridized carbons (Fsp3) is 0.917. The van der Waals surface area contributed by atoms with Crippen molar-refractivity contribution in [1.29, 1.82) is 0 Å². The van der Waals surface area contributed by atoms with E-state index in [1.807, 2.05) is 7.05 Å². The van der Waals surface area contributed by atoms with Gasteiger partial charge in [-0.1, -0.05) is 27.7 Å². The predicted molar refractivity (Wildman–Crippen MR) is 62.9 cm³/mol. The van der Waals surface area contributed by atoms with Gasteiger partial charge < -0.3 is 10.0 Å². The van der Waals surface area contributed by atoms with E-state index in [0.717, 1.165) is 6.54 Å². The Hall–Kier alpha value is -0.570. The molecule has 0 rings (SSSR count). The molecule has 0 amide bonds. The molecule has 15 heavy (non-hydrogen) atoms. The maximum atomic E-state index is 10.7. The van der Waals surface area contributed by atoms with Crippen LogP contribution in [0.15, 0.2) is 0 Å². The largest absolute Gasteiger partial charge is 0.481 e. The van der Waals surface area contributed by atoms with Gasteiger partial charge in [0.1, 0.15) is 0 Å². The van der Waals surface area contributed by atoms with E-state index in [2.05, 4.69) is 25.7 Å². The Bertz CT molecular complexity index is 192. The average molecular weight is 215 g/mol. The van der Waals surface area contributed by atoms with Crippen molar-refractivity contribution in [2.45, 2.75) is 34.1 Å². The number of carboxylic acid groups (broad SMARTS) is 1. The predicted octanol–water partition coefficient (Wildman–Crippen LogP) is 2.32. The smallest absolute Gasteiger partial charge is 0.307 e. The molecule has 0 aromatic rings. The molecule has 0 aromatic carbocycles. The summed E-state index contributed by atoms with van der Waals surface area (Å²) in [7, 11) is 2.00. The van der Waals surface area contributed by atoms with Gasteiger partial charge in [0.15, 0.2) is 0 Å². The van der Waals surface area contributed by atoms with E-state index in [9.17, 15) is 4.79 Å². The second-order valence-corrected chi connectivity index (χ2v) is 5.20. The highest BCUT2D eigenvalue weighted by atomic mass is 16.4. The van der Waals surface area contributed by atoms with Crippen LogP contribution in [0.4, 0.5) is 0 Å². The van der Waals surface area contributed by atoms with Gasteiger partial charge in [-0.25, -0.2) is 0 Å². The first-order valence-electron chi connectivity index (χ1n) is 5.74. The van der Waals surface area contributed by atoms with E-state index < -0.39 is 5.97 Å². The molecule has 0 radical (unpaired) electrons. The van der Waals surface area contributed by atoms with Crippen LogP contribution in [0.5, 0.6) is 0 Å². The summed E-state index contributed by atoms with van der Waals surface area (Å²) in [4.78, 5) is 12.8. The minimum absolute atomic E-state index is 0.277. The van der Waals surface area contributed by atoms with E-state index in [1.54, 1.807) is 6.92 Å². The molecule has 0 spiro atoms. The lowest BCUT2D eigenvalue weighted by Crippen LogP contribution is -2.32. The standard InChI is InChI=1S/C12H25NO2/c1-9(2)6-10(3)7-13(5)8-11(4)12(14)15/h9-11H,6-8H2,1-5H3,(H,14,15). The highest BCUT2D eigenvalue weighted by Crippen LogP contribution is 2.12. The maximum absolute atomic E-state index is 10.7. The third-order valence-corrected chi connectivity index (χ3v) is 2.50. The molecule has 0 bridgehead atoms. The maximum Gasteiger partial charge on any atom is 0.307 e. The molecule has 0 aliphatic rings. The zero-order valence-electron chi connectivity index (χ0n) is 10.7. The lowest BCUT2D eigenvalue weighted by atomic mass is 9.98. The van der Waals surface area contributed by atoms with Gasteiger partial charge in [-0.05, 0) is 25.3 Å². The Labute approximate surface area is 93.5 Å². The molecule has 0 saturated carbocycles. The van der Waals surface area contributed by atoms with Gasteiger partial charge in [-0.2, -0.15) is 0 Å². The number of hydrogen-bond acceptors (Lipinski definition) is 2. The van der Waals surface area contributed by atoms with Crippen LogP contribution < -0.4 is 0 Å². The Balaban J connectivity index is 3.82. The molecule has 0 aromatic heterocycles. The van der Waals surface area contributed by atoms with Crippen molar-refractivity contribution in [2.75, 3.05) is 20.1 Å². The molecule has 0 saturated heterocycles. The normalized spacial score (nSPS) is 15.7. The second-order valence-electron chi connectivity index (χ2n) is 5.20. The molecule has 2 unspecified atom stereocenters. The van der Waals surface area contributed by atoms with Crippen molar-refractivity contribution in [3.63, 3.8) is 0 Å². The number of rotatable bonds is 7. The number of carbonyl (C=O) groups is 1. The molecule has 0 aliphatic carbocycles. The minimum Gasteiger partial charge on any atom is -0.481 e. The summed E-state index contributed by atoms with van der Waals surface area (Å²) < 4.78 is 0. The topological polar surface area (TPSA) is 40.5 Å². The van der Waals surface area contributed by atoms with Crippen molar-refractivity contribution in [3.05, 3.63) is 0 Å². The third-order valence-electron chi connectivity index (χ3n) is 2.50. The summed E-state index contributed by atoms with van der Waals surface area (Å²) in [5.74, 6) is 0.362. The van der Waals surface area contributed by atoms with Crippen LogP contribution in [-0.2, 0) is 4.79 Å². The molecule has 0 fully saturated rings. The fourth-order valence-electron chi connectivity index (χ4n) is 2.03. The SMILES string of the molecule is CC(C)CC(C)CN(C)CC(C)C(=O)O. The molecule has 2 atom stereocenters. The first-order chi connectivity index (χ1) is 6.82. The van der Waals surface area contributed by atoms with Crippen LogP contribution in [0.3, 0.4) is 0 Å². The van der Waals surface area contributed by atoms with Gasteiger partial charge in [-0.3, -0.25) is 4.79 Å². The Morgan fingerprint density at radius 2 is 1.73 bits per heavy atom. The minimum atomic E-state index is -0.710. The van der Waals surface area contributed by atoms with Crippen LogP contribution in [0.25, 0.3) is 0 Å². The molecule has 0 heterocycles. The second kappa shape index (κ2) is 6.83. The van der Waals surface area contributed by atoms with E-state index in [-0.39, 0.29) is 5.92 Å². The van der Waals surface area contributed by atoms with Crippen molar-refractivity contribution in [2.24, 2.45) is 17.8 Å². The van der Waals surface area contributed by atoms with Gasteiger partial charge >= 0.3 is 5.97 Å². The number of nitrogens with zero attached hydrogens (tertiary/aromatic N) is 1. The zero-order valence-corrected chi connectivity index (χ0v) is 10.7. The molecule has 3 nitrogen and oxygen atoms in total.